The Balaban J connectivity index is 2.18. The molecule has 1 heterocycles. The molecular formula is C26H28FNO5. The minimum atomic E-state index is -1.16. The van der Waals surface area contributed by atoms with E-state index < -0.39 is 24.6 Å². The van der Waals surface area contributed by atoms with Gasteiger partial charge in [0, 0.05) is 22.9 Å². The van der Waals surface area contributed by atoms with Crippen LogP contribution in [0.15, 0.2) is 48.5 Å². The molecule has 0 saturated heterocycles. The molecule has 0 aliphatic heterocycles. The number of pyridine rings is 1. The number of carboxylic acids is 1. The van der Waals surface area contributed by atoms with Gasteiger partial charge < -0.3 is 20.1 Å². The molecule has 2 atom stereocenters. The number of methoxy groups -OCH3 is 1. The maximum atomic E-state index is 13.7. The summed E-state index contributed by atoms with van der Waals surface area (Å²) in [6, 6.07) is 11.7. The van der Waals surface area contributed by atoms with Crippen molar-refractivity contribution in [3.63, 3.8) is 0 Å². The van der Waals surface area contributed by atoms with Gasteiger partial charge in [0.15, 0.2) is 0 Å². The van der Waals surface area contributed by atoms with Crippen LogP contribution in [0.25, 0.3) is 28.1 Å². The van der Waals surface area contributed by atoms with E-state index in [0.717, 1.165) is 33.3 Å². The molecule has 7 heteroatoms. The Morgan fingerprint density at radius 1 is 1.15 bits per heavy atom. The summed E-state index contributed by atoms with van der Waals surface area (Å²) in [5.41, 5.74) is 3.90. The van der Waals surface area contributed by atoms with Gasteiger partial charge in [-0.25, -0.2) is 4.39 Å². The molecule has 0 saturated carbocycles. The Kier molecular flexibility index (Phi) is 7.79. The predicted octanol–water partition coefficient (Wildman–Crippen LogP) is 4.77. The van der Waals surface area contributed by atoms with E-state index in [9.17, 15) is 19.4 Å². The molecule has 174 valence electrons. The molecule has 0 spiro atoms. The fourth-order valence-corrected chi connectivity index (χ4v) is 3.79. The Morgan fingerprint density at radius 2 is 1.85 bits per heavy atom. The highest BCUT2D eigenvalue weighted by molar-refractivity contribution is 6.00. The lowest BCUT2D eigenvalue weighted by Crippen LogP contribution is -2.19. The summed E-state index contributed by atoms with van der Waals surface area (Å²) in [5.74, 6) is -0.785. The summed E-state index contributed by atoms with van der Waals surface area (Å²) >= 11 is 0. The van der Waals surface area contributed by atoms with E-state index in [-0.39, 0.29) is 18.2 Å². The number of aliphatic hydroxyl groups excluding tert-OH is 2. The maximum absolute atomic E-state index is 13.7. The topological polar surface area (TPSA) is 99.9 Å². The Bertz CT molecular complexity index is 1160. The van der Waals surface area contributed by atoms with Crippen molar-refractivity contribution >= 4 is 22.9 Å². The van der Waals surface area contributed by atoms with Crippen LogP contribution in [-0.2, 0) is 4.79 Å². The second-order valence-corrected chi connectivity index (χ2v) is 8.24. The first-order valence-electron chi connectivity index (χ1n) is 10.7. The number of halogens is 1. The van der Waals surface area contributed by atoms with E-state index in [0.29, 0.717) is 5.75 Å². The van der Waals surface area contributed by atoms with Crippen molar-refractivity contribution in [2.45, 2.75) is 44.8 Å². The van der Waals surface area contributed by atoms with E-state index in [1.807, 2.05) is 32.0 Å². The number of ether oxygens (including phenoxy) is 1. The molecule has 0 aliphatic carbocycles. The van der Waals surface area contributed by atoms with Gasteiger partial charge in [0.05, 0.1) is 36.9 Å². The quantitative estimate of drug-likeness (QED) is 0.431. The lowest BCUT2D eigenvalue weighted by atomic mass is 9.90. The maximum Gasteiger partial charge on any atom is 0.305 e. The Hall–Kier alpha value is -3.29. The minimum Gasteiger partial charge on any atom is -0.497 e. The minimum absolute atomic E-state index is 0.0464. The van der Waals surface area contributed by atoms with Crippen molar-refractivity contribution in [2.24, 2.45) is 0 Å². The van der Waals surface area contributed by atoms with E-state index in [1.54, 1.807) is 25.3 Å². The predicted molar refractivity (Wildman–Crippen MR) is 126 cm³/mol. The summed E-state index contributed by atoms with van der Waals surface area (Å²) in [7, 11) is 1.58. The van der Waals surface area contributed by atoms with Crippen LogP contribution in [0.2, 0.25) is 0 Å². The summed E-state index contributed by atoms with van der Waals surface area (Å²) in [4.78, 5) is 15.6. The van der Waals surface area contributed by atoms with Gasteiger partial charge in [0.25, 0.3) is 0 Å². The molecule has 0 aliphatic rings. The van der Waals surface area contributed by atoms with Crippen molar-refractivity contribution in [2.75, 3.05) is 7.11 Å². The average molecular weight is 454 g/mol. The molecule has 0 bridgehead atoms. The van der Waals surface area contributed by atoms with E-state index in [4.69, 9.17) is 14.8 Å². The number of aliphatic carboxylic acids is 1. The van der Waals surface area contributed by atoms with E-state index >= 15 is 0 Å². The highest BCUT2D eigenvalue weighted by atomic mass is 19.1. The lowest BCUT2D eigenvalue weighted by Gasteiger charge is -2.19. The van der Waals surface area contributed by atoms with Crippen LogP contribution in [0.4, 0.5) is 4.39 Å². The zero-order valence-electron chi connectivity index (χ0n) is 18.8. The van der Waals surface area contributed by atoms with Crippen LogP contribution in [0.3, 0.4) is 0 Å². The molecule has 0 amide bonds. The number of hydrogen-bond acceptors (Lipinski definition) is 5. The number of hydrogen-bond donors (Lipinski definition) is 3. The van der Waals surface area contributed by atoms with E-state index in [1.165, 1.54) is 18.2 Å². The summed E-state index contributed by atoms with van der Waals surface area (Å²) in [6.07, 6.45) is 0.482. The third-order valence-electron chi connectivity index (χ3n) is 5.35. The Labute approximate surface area is 192 Å². The average Bonchev–Trinajstić information content (AvgIpc) is 2.76. The van der Waals surface area contributed by atoms with Crippen LogP contribution in [0, 0.1) is 5.82 Å². The Morgan fingerprint density at radius 3 is 2.45 bits per heavy atom. The van der Waals surface area contributed by atoms with Gasteiger partial charge in [0.2, 0.25) is 0 Å². The first kappa shape index (κ1) is 24.4. The van der Waals surface area contributed by atoms with Crippen LogP contribution < -0.4 is 4.74 Å². The molecule has 2 unspecified atom stereocenters. The normalized spacial score (nSPS) is 13.5. The zero-order chi connectivity index (χ0) is 24.1. The van der Waals surface area contributed by atoms with Gasteiger partial charge in [-0.1, -0.05) is 38.1 Å². The second kappa shape index (κ2) is 10.6. The molecule has 2 aromatic carbocycles. The van der Waals surface area contributed by atoms with Crippen LogP contribution >= 0.6 is 0 Å². The summed E-state index contributed by atoms with van der Waals surface area (Å²) < 4.78 is 19.1. The molecule has 33 heavy (non-hydrogen) atoms. The molecule has 0 fully saturated rings. The standard InChI is InChI=1S/C26H28FNO5/c1-15(2)26-21(10-8-18(29)12-19(30)13-24(31)32)25(16-4-6-17(27)7-5-16)22-14-20(33-3)9-11-23(22)28-26/h4-11,14-15,18-19,29-30H,12-13H2,1-3H3,(H,31,32)/b10-8+. The lowest BCUT2D eigenvalue weighted by molar-refractivity contribution is -0.139. The van der Waals surface area contributed by atoms with Gasteiger partial charge in [0.1, 0.15) is 11.6 Å². The van der Waals surface area contributed by atoms with Gasteiger partial charge in [-0.05, 0) is 41.8 Å². The molecule has 3 rings (SSSR count). The number of aliphatic hydroxyl groups is 2. The first-order chi connectivity index (χ1) is 15.7. The van der Waals surface area contributed by atoms with Gasteiger partial charge in [-0.2, -0.15) is 0 Å². The molecule has 3 aromatic rings. The molecule has 0 radical (unpaired) electrons. The molecule has 1 aromatic heterocycles. The highest BCUT2D eigenvalue weighted by Crippen LogP contribution is 2.38. The fourth-order valence-electron chi connectivity index (χ4n) is 3.79. The SMILES string of the molecule is COc1ccc2nc(C(C)C)c(/C=C/C(O)CC(O)CC(=O)O)c(-c3ccc(F)cc3)c2c1. The number of benzene rings is 2. The van der Waals surface area contributed by atoms with Crippen LogP contribution in [0.5, 0.6) is 5.75 Å². The van der Waals surface area contributed by atoms with Gasteiger partial charge >= 0.3 is 5.97 Å². The number of carboxylic acid groups (broad SMARTS) is 1. The largest absolute Gasteiger partial charge is 0.497 e. The highest BCUT2D eigenvalue weighted by Gasteiger charge is 2.19. The second-order valence-electron chi connectivity index (χ2n) is 8.24. The number of fused-ring (bicyclic) bond motifs is 1. The number of nitrogens with zero attached hydrogens (tertiary/aromatic N) is 1. The van der Waals surface area contributed by atoms with Crippen LogP contribution in [-0.4, -0.2) is 45.6 Å². The van der Waals surface area contributed by atoms with Crippen molar-refractivity contribution in [1.82, 2.24) is 4.98 Å². The third kappa shape index (κ3) is 5.94. The smallest absolute Gasteiger partial charge is 0.305 e. The number of rotatable bonds is 9. The van der Waals surface area contributed by atoms with Crippen LogP contribution in [0.1, 0.15) is 43.9 Å². The zero-order valence-corrected chi connectivity index (χ0v) is 18.8. The fraction of sp³-hybridized carbons (Fsp3) is 0.308. The third-order valence-corrected chi connectivity index (χ3v) is 5.35. The summed E-state index contributed by atoms with van der Waals surface area (Å²) in [6.45, 7) is 4.02. The van der Waals surface area contributed by atoms with E-state index in [2.05, 4.69) is 0 Å². The van der Waals surface area contributed by atoms with Gasteiger partial charge in [-0.3, -0.25) is 9.78 Å². The van der Waals surface area contributed by atoms with Crippen molar-refractivity contribution in [3.8, 4) is 16.9 Å². The van der Waals surface area contributed by atoms with Crippen molar-refractivity contribution < 1.29 is 29.2 Å². The molecule has 3 N–H and O–H groups in total. The first-order valence-corrected chi connectivity index (χ1v) is 10.7. The number of carbonyl (C=O) groups is 1. The van der Waals surface area contributed by atoms with Crippen molar-refractivity contribution in [3.05, 3.63) is 65.6 Å². The van der Waals surface area contributed by atoms with Gasteiger partial charge in [-0.15, -0.1) is 0 Å². The summed E-state index contributed by atoms with van der Waals surface area (Å²) in [5, 5.41) is 29.9. The molecular weight excluding hydrogens is 425 g/mol. The van der Waals surface area contributed by atoms with Crippen molar-refractivity contribution in [1.29, 1.82) is 0 Å². The monoisotopic (exact) mass is 453 g/mol. The number of aromatic nitrogens is 1. The molecule has 6 nitrogen and oxygen atoms in total.